The molecular formula is C29H33FN2O4. The second-order valence-corrected chi connectivity index (χ2v) is 10.3. The number of carbonyl (C=O) groups excluding carboxylic acids is 2. The molecule has 7 heteroatoms. The number of aromatic nitrogens is 1. The molecule has 1 aromatic heterocycles. The standard InChI is InChI=1S/C29H33FN2O4/c1-3-35-29(34)32-23-10-11-24-20(14-23)15-26-27(17(2)36-28(26)33)25(24)12-9-22-8-7-19(16-31-22)18-5-4-6-21(30)13-18/h4-9,12-13,16-17,20,23-27H,3,10-11,14-15H2,1-2H3,(H,32,34)/b12-9+/t17-,20?,23-,24+,25+,26?,27+/m1/s1. The smallest absolute Gasteiger partial charge is 0.407 e. The van der Waals surface area contributed by atoms with Gasteiger partial charge in [-0.15, -0.1) is 0 Å². The van der Waals surface area contributed by atoms with E-state index in [1.165, 1.54) is 12.1 Å². The third kappa shape index (κ3) is 5.01. The van der Waals surface area contributed by atoms with E-state index in [1.807, 2.05) is 31.2 Å². The molecule has 1 saturated heterocycles. The highest BCUT2D eigenvalue weighted by Crippen LogP contribution is 2.53. The summed E-state index contributed by atoms with van der Waals surface area (Å²) in [6.45, 7) is 4.15. The number of nitrogens with zero attached hydrogens (tertiary/aromatic N) is 1. The quantitative estimate of drug-likeness (QED) is 0.548. The van der Waals surface area contributed by atoms with Crippen LogP contribution in [0.1, 0.15) is 45.2 Å². The van der Waals surface area contributed by atoms with Crippen LogP contribution in [-0.2, 0) is 14.3 Å². The minimum Gasteiger partial charge on any atom is -0.462 e. The number of ether oxygens (including phenoxy) is 2. The van der Waals surface area contributed by atoms with Crippen molar-refractivity contribution < 1.29 is 23.5 Å². The third-order valence-electron chi connectivity index (χ3n) is 8.18. The molecular weight excluding hydrogens is 459 g/mol. The zero-order valence-electron chi connectivity index (χ0n) is 20.7. The van der Waals surface area contributed by atoms with E-state index in [-0.39, 0.29) is 47.8 Å². The van der Waals surface area contributed by atoms with E-state index in [1.54, 1.807) is 19.2 Å². The summed E-state index contributed by atoms with van der Waals surface area (Å²) < 4.78 is 24.3. The molecule has 0 bridgehead atoms. The van der Waals surface area contributed by atoms with Crippen molar-refractivity contribution in [2.24, 2.45) is 29.6 Å². The number of halogens is 1. The molecule has 0 spiro atoms. The van der Waals surface area contributed by atoms with Crippen molar-refractivity contribution in [3.8, 4) is 11.1 Å². The minimum absolute atomic E-state index is 0.0679. The van der Waals surface area contributed by atoms with Crippen LogP contribution in [0, 0.1) is 35.4 Å². The molecule has 1 N–H and O–H groups in total. The largest absolute Gasteiger partial charge is 0.462 e. The number of amides is 1. The minimum atomic E-state index is -0.368. The molecule has 2 heterocycles. The molecule has 3 fully saturated rings. The number of pyridine rings is 1. The third-order valence-corrected chi connectivity index (χ3v) is 8.18. The summed E-state index contributed by atoms with van der Waals surface area (Å²) in [5.41, 5.74) is 2.48. The Hall–Kier alpha value is -3.22. The number of rotatable bonds is 5. The normalized spacial score (nSPS) is 31.4. The van der Waals surface area contributed by atoms with Gasteiger partial charge in [0.1, 0.15) is 11.9 Å². The number of esters is 1. The number of hydrogen-bond acceptors (Lipinski definition) is 5. The first-order valence-corrected chi connectivity index (χ1v) is 13.0. The number of benzene rings is 1. The molecule has 1 amide bonds. The molecule has 1 aliphatic heterocycles. The summed E-state index contributed by atoms with van der Waals surface area (Å²) >= 11 is 0. The van der Waals surface area contributed by atoms with Crippen LogP contribution < -0.4 is 5.32 Å². The van der Waals surface area contributed by atoms with Crippen molar-refractivity contribution in [3.63, 3.8) is 0 Å². The van der Waals surface area contributed by atoms with Crippen molar-refractivity contribution in [3.05, 3.63) is 60.2 Å². The lowest BCUT2D eigenvalue weighted by Crippen LogP contribution is -2.48. The fourth-order valence-corrected chi connectivity index (χ4v) is 6.64. The Balaban J connectivity index is 1.34. The van der Waals surface area contributed by atoms with Crippen LogP contribution in [0.15, 0.2) is 48.7 Å². The number of carbonyl (C=O) groups is 2. The highest BCUT2D eigenvalue weighted by Gasteiger charge is 2.54. The van der Waals surface area contributed by atoms with E-state index >= 15 is 0 Å². The van der Waals surface area contributed by atoms with E-state index in [2.05, 4.69) is 16.4 Å². The van der Waals surface area contributed by atoms with Crippen molar-refractivity contribution in [1.29, 1.82) is 0 Å². The SMILES string of the molecule is CCOC(=O)N[C@@H]1CC[C@H]2C(CC3C(=O)O[C@H](C)[C@H]3[C@H]2/C=C/c2ccc(-c3cccc(F)c3)cn2)C1. The van der Waals surface area contributed by atoms with Crippen LogP contribution in [-0.4, -0.2) is 35.8 Å². The summed E-state index contributed by atoms with van der Waals surface area (Å²) in [7, 11) is 0. The number of nitrogens with one attached hydrogen (secondary N) is 1. The lowest BCUT2D eigenvalue weighted by atomic mass is 9.57. The first-order valence-electron chi connectivity index (χ1n) is 13.0. The van der Waals surface area contributed by atoms with E-state index in [9.17, 15) is 14.0 Å². The van der Waals surface area contributed by atoms with Crippen molar-refractivity contribution in [1.82, 2.24) is 10.3 Å². The molecule has 2 saturated carbocycles. The molecule has 2 unspecified atom stereocenters. The number of fused-ring (bicyclic) bond motifs is 2. The van der Waals surface area contributed by atoms with Gasteiger partial charge < -0.3 is 14.8 Å². The lowest BCUT2D eigenvalue weighted by Gasteiger charge is -2.47. The van der Waals surface area contributed by atoms with Gasteiger partial charge in [0.2, 0.25) is 0 Å². The average molecular weight is 493 g/mol. The number of hydrogen-bond donors (Lipinski definition) is 1. The first kappa shape index (κ1) is 24.5. The van der Waals surface area contributed by atoms with Gasteiger partial charge in [-0.3, -0.25) is 9.78 Å². The topological polar surface area (TPSA) is 77.5 Å². The maximum atomic E-state index is 13.6. The molecule has 36 heavy (non-hydrogen) atoms. The summed E-state index contributed by atoms with van der Waals surface area (Å²) in [4.78, 5) is 29.2. The number of cyclic esters (lactones) is 1. The zero-order chi connectivity index (χ0) is 25.2. The molecule has 3 aliphatic rings. The van der Waals surface area contributed by atoms with Gasteiger partial charge in [0.05, 0.1) is 18.2 Å². The number of allylic oxidation sites excluding steroid dienone is 1. The van der Waals surface area contributed by atoms with Gasteiger partial charge in [-0.25, -0.2) is 9.18 Å². The second-order valence-electron chi connectivity index (χ2n) is 10.3. The Morgan fingerprint density at radius 1 is 1.22 bits per heavy atom. The van der Waals surface area contributed by atoms with Crippen LogP contribution in [0.3, 0.4) is 0 Å². The molecule has 190 valence electrons. The Labute approximate surface area is 211 Å². The summed E-state index contributed by atoms with van der Waals surface area (Å²) in [5.74, 6) is 0.629. The van der Waals surface area contributed by atoms with E-state index in [4.69, 9.17) is 9.47 Å². The summed E-state index contributed by atoms with van der Waals surface area (Å²) in [6.07, 6.45) is 9.07. The van der Waals surface area contributed by atoms with Crippen molar-refractivity contribution >= 4 is 18.1 Å². The number of alkyl carbamates (subject to hydrolysis) is 1. The van der Waals surface area contributed by atoms with Gasteiger partial charge in [-0.05, 0) is 87.1 Å². The maximum absolute atomic E-state index is 13.6. The van der Waals surface area contributed by atoms with E-state index in [0.717, 1.165) is 42.5 Å². The van der Waals surface area contributed by atoms with Gasteiger partial charge in [0.15, 0.2) is 0 Å². The molecule has 1 aromatic carbocycles. The summed E-state index contributed by atoms with van der Waals surface area (Å²) in [6, 6.07) is 10.4. The van der Waals surface area contributed by atoms with Crippen LogP contribution in [0.4, 0.5) is 9.18 Å². The zero-order valence-corrected chi connectivity index (χ0v) is 20.7. The predicted molar refractivity (Wildman–Crippen MR) is 134 cm³/mol. The molecule has 7 atom stereocenters. The molecule has 2 aliphatic carbocycles. The first-order chi connectivity index (χ1) is 17.4. The highest BCUT2D eigenvalue weighted by atomic mass is 19.1. The average Bonchev–Trinajstić information content (AvgIpc) is 3.15. The van der Waals surface area contributed by atoms with Crippen LogP contribution >= 0.6 is 0 Å². The fraction of sp³-hybridized carbons (Fsp3) is 0.483. The fourth-order valence-electron chi connectivity index (χ4n) is 6.64. The molecule has 6 nitrogen and oxygen atoms in total. The maximum Gasteiger partial charge on any atom is 0.407 e. The van der Waals surface area contributed by atoms with E-state index < -0.39 is 0 Å². The van der Waals surface area contributed by atoms with Crippen LogP contribution in [0.5, 0.6) is 0 Å². The Kier molecular flexibility index (Phi) is 7.08. The second kappa shape index (κ2) is 10.4. The van der Waals surface area contributed by atoms with Crippen molar-refractivity contribution in [2.45, 2.75) is 51.7 Å². The van der Waals surface area contributed by atoms with Gasteiger partial charge >= 0.3 is 12.1 Å². The molecule has 2 aromatic rings. The van der Waals surface area contributed by atoms with Gasteiger partial charge in [-0.1, -0.05) is 24.3 Å². The van der Waals surface area contributed by atoms with E-state index in [0.29, 0.717) is 18.4 Å². The Morgan fingerprint density at radius 3 is 2.83 bits per heavy atom. The Morgan fingerprint density at radius 2 is 2.08 bits per heavy atom. The van der Waals surface area contributed by atoms with Gasteiger partial charge in [-0.2, -0.15) is 0 Å². The van der Waals surface area contributed by atoms with Gasteiger partial charge in [0, 0.05) is 23.7 Å². The van der Waals surface area contributed by atoms with Crippen LogP contribution in [0.25, 0.3) is 17.2 Å². The summed E-state index contributed by atoms with van der Waals surface area (Å²) in [5, 5.41) is 3.00. The van der Waals surface area contributed by atoms with Crippen LogP contribution in [0.2, 0.25) is 0 Å². The lowest BCUT2D eigenvalue weighted by molar-refractivity contribution is -0.144. The Bertz CT molecular complexity index is 1130. The molecule has 5 rings (SSSR count). The monoisotopic (exact) mass is 492 g/mol. The highest BCUT2D eigenvalue weighted by molar-refractivity contribution is 5.75. The predicted octanol–water partition coefficient (Wildman–Crippen LogP) is 5.63. The van der Waals surface area contributed by atoms with Crippen molar-refractivity contribution in [2.75, 3.05) is 6.61 Å². The molecule has 0 radical (unpaired) electrons. The van der Waals surface area contributed by atoms with Gasteiger partial charge in [0.25, 0.3) is 0 Å².